The van der Waals surface area contributed by atoms with Gasteiger partial charge in [0.15, 0.2) is 5.16 Å². The van der Waals surface area contributed by atoms with Crippen molar-refractivity contribution < 1.29 is 14.3 Å². The van der Waals surface area contributed by atoms with Crippen LogP contribution in [-0.2, 0) is 9.53 Å². The minimum Gasteiger partial charge on any atom is -0.495 e. The zero-order chi connectivity index (χ0) is 20.6. The van der Waals surface area contributed by atoms with Crippen LogP contribution >= 0.6 is 11.8 Å². The molecule has 0 N–H and O–H groups in total. The van der Waals surface area contributed by atoms with Gasteiger partial charge in [0.05, 0.1) is 36.7 Å². The summed E-state index contributed by atoms with van der Waals surface area (Å²) in [6.45, 7) is 2.49. The first-order valence-electron chi connectivity index (χ1n) is 9.59. The summed E-state index contributed by atoms with van der Waals surface area (Å²) >= 11 is 1.35. The Balaban J connectivity index is 1.93. The van der Waals surface area contributed by atoms with E-state index in [1.54, 1.807) is 23.8 Å². The molecule has 3 rings (SSSR count). The molecule has 152 valence electrons. The SMILES string of the molecule is CCCCOC(=O)CCSc1nc2ccccc2c(=O)n1-c1ccccc1OC. The summed E-state index contributed by atoms with van der Waals surface area (Å²) in [5.41, 5.74) is 1.07. The third-order valence-electron chi connectivity index (χ3n) is 4.37. The maximum absolute atomic E-state index is 13.3. The third kappa shape index (κ3) is 4.98. The second-order valence-electron chi connectivity index (χ2n) is 6.40. The van der Waals surface area contributed by atoms with Crippen LogP contribution in [0.4, 0.5) is 0 Å². The van der Waals surface area contributed by atoms with Gasteiger partial charge >= 0.3 is 5.97 Å². The van der Waals surface area contributed by atoms with Gasteiger partial charge in [-0.3, -0.25) is 14.2 Å². The molecule has 0 spiro atoms. The molecule has 3 aromatic rings. The Labute approximate surface area is 173 Å². The standard InChI is InChI=1S/C22H24N2O4S/c1-3-4-14-28-20(25)13-15-29-22-23-17-10-6-5-9-16(17)21(26)24(22)18-11-7-8-12-19(18)27-2/h5-12H,3-4,13-15H2,1-2H3. The predicted molar refractivity (Wildman–Crippen MR) is 115 cm³/mol. The molecular formula is C22H24N2O4S. The molecule has 29 heavy (non-hydrogen) atoms. The van der Waals surface area contributed by atoms with Gasteiger partial charge in [-0.25, -0.2) is 4.98 Å². The maximum atomic E-state index is 13.3. The molecule has 0 unspecified atom stereocenters. The van der Waals surface area contributed by atoms with Crippen LogP contribution in [0.2, 0.25) is 0 Å². The number of hydrogen-bond donors (Lipinski definition) is 0. The van der Waals surface area contributed by atoms with E-state index in [-0.39, 0.29) is 17.9 Å². The molecule has 0 fully saturated rings. The molecule has 6 nitrogen and oxygen atoms in total. The number of ether oxygens (including phenoxy) is 2. The van der Waals surface area contributed by atoms with Crippen molar-refractivity contribution in [2.45, 2.75) is 31.3 Å². The van der Waals surface area contributed by atoms with Crippen molar-refractivity contribution in [1.82, 2.24) is 9.55 Å². The number of thioether (sulfide) groups is 1. The molecule has 0 radical (unpaired) electrons. The van der Waals surface area contributed by atoms with Gasteiger partial charge in [-0.05, 0) is 30.7 Å². The Kier molecular flexibility index (Phi) is 7.30. The van der Waals surface area contributed by atoms with Gasteiger partial charge in [-0.2, -0.15) is 0 Å². The molecule has 0 bridgehead atoms. The predicted octanol–water partition coefficient (Wildman–Crippen LogP) is 4.22. The number of carbonyl (C=O) groups is 1. The summed E-state index contributed by atoms with van der Waals surface area (Å²) in [6.07, 6.45) is 2.09. The molecule has 0 aliphatic rings. The molecular weight excluding hydrogens is 388 g/mol. The number of fused-ring (bicyclic) bond motifs is 1. The molecule has 0 saturated heterocycles. The average Bonchev–Trinajstić information content (AvgIpc) is 2.74. The molecule has 1 heterocycles. The Bertz CT molecular complexity index is 1050. The van der Waals surface area contributed by atoms with E-state index in [1.807, 2.05) is 43.3 Å². The van der Waals surface area contributed by atoms with Crippen molar-refractivity contribution >= 4 is 28.6 Å². The van der Waals surface area contributed by atoms with Crippen LogP contribution in [0.3, 0.4) is 0 Å². The van der Waals surface area contributed by atoms with Crippen LogP contribution in [0.1, 0.15) is 26.2 Å². The quantitative estimate of drug-likeness (QED) is 0.227. The van der Waals surface area contributed by atoms with E-state index < -0.39 is 0 Å². The average molecular weight is 413 g/mol. The van der Waals surface area contributed by atoms with Crippen molar-refractivity contribution in [2.75, 3.05) is 19.5 Å². The fourth-order valence-electron chi connectivity index (χ4n) is 2.86. The van der Waals surface area contributed by atoms with E-state index in [0.717, 1.165) is 12.8 Å². The lowest BCUT2D eigenvalue weighted by Gasteiger charge is -2.15. The number of nitrogens with zero attached hydrogens (tertiary/aromatic N) is 2. The zero-order valence-corrected chi connectivity index (χ0v) is 17.4. The maximum Gasteiger partial charge on any atom is 0.306 e. The highest BCUT2D eigenvalue weighted by atomic mass is 32.2. The molecule has 7 heteroatoms. The summed E-state index contributed by atoms with van der Waals surface area (Å²) in [6, 6.07) is 14.6. The highest BCUT2D eigenvalue weighted by molar-refractivity contribution is 7.99. The number of methoxy groups -OCH3 is 1. The van der Waals surface area contributed by atoms with Crippen molar-refractivity contribution in [1.29, 1.82) is 0 Å². The van der Waals surface area contributed by atoms with Crippen LogP contribution in [0.15, 0.2) is 58.5 Å². The van der Waals surface area contributed by atoms with E-state index in [2.05, 4.69) is 4.98 Å². The van der Waals surface area contributed by atoms with Crippen molar-refractivity contribution in [3.8, 4) is 11.4 Å². The van der Waals surface area contributed by atoms with E-state index in [1.165, 1.54) is 11.8 Å². The second-order valence-corrected chi connectivity index (χ2v) is 7.46. The Hall–Kier alpha value is -2.80. The van der Waals surface area contributed by atoms with Gasteiger partial charge in [0, 0.05) is 5.75 Å². The summed E-state index contributed by atoms with van der Waals surface area (Å²) in [4.78, 5) is 29.8. The Morgan fingerprint density at radius 3 is 2.69 bits per heavy atom. The fraction of sp³-hybridized carbons (Fsp3) is 0.318. The molecule has 0 aliphatic heterocycles. The van der Waals surface area contributed by atoms with Crippen LogP contribution in [-0.4, -0.2) is 35.0 Å². The van der Waals surface area contributed by atoms with Crippen molar-refractivity contribution in [2.24, 2.45) is 0 Å². The van der Waals surface area contributed by atoms with Crippen LogP contribution < -0.4 is 10.3 Å². The molecule has 0 amide bonds. The summed E-state index contributed by atoms with van der Waals surface area (Å²) < 4.78 is 12.2. The van der Waals surface area contributed by atoms with E-state index in [0.29, 0.717) is 39.9 Å². The number of rotatable bonds is 9. The zero-order valence-electron chi connectivity index (χ0n) is 16.6. The first-order valence-corrected chi connectivity index (χ1v) is 10.6. The fourth-order valence-corrected chi connectivity index (χ4v) is 3.79. The second kappa shape index (κ2) is 10.1. The summed E-state index contributed by atoms with van der Waals surface area (Å²) in [5.74, 6) is 0.802. The van der Waals surface area contributed by atoms with Crippen LogP contribution in [0.25, 0.3) is 16.6 Å². The summed E-state index contributed by atoms with van der Waals surface area (Å²) in [7, 11) is 1.57. The Morgan fingerprint density at radius 2 is 1.90 bits per heavy atom. The first-order chi connectivity index (χ1) is 14.2. The molecule has 1 aromatic heterocycles. The number of aromatic nitrogens is 2. The van der Waals surface area contributed by atoms with Gasteiger partial charge < -0.3 is 9.47 Å². The highest BCUT2D eigenvalue weighted by Crippen LogP contribution is 2.27. The normalized spacial score (nSPS) is 10.8. The number of para-hydroxylation sites is 3. The van der Waals surface area contributed by atoms with Crippen LogP contribution in [0.5, 0.6) is 5.75 Å². The summed E-state index contributed by atoms with van der Waals surface area (Å²) in [5, 5.41) is 1.04. The smallest absolute Gasteiger partial charge is 0.306 e. The molecule has 0 atom stereocenters. The number of hydrogen-bond acceptors (Lipinski definition) is 6. The molecule has 0 saturated carbocycles. The van der Waals surface area contributed by atoms with Crippen molar-refractivity contribution in [3.63, 3.8) is 0 Å². The lowest BCUT2D eigenvalue weighted by atomic mass is 10.2. The van der Waals surface area contributed by atoms with Gasteiger partial charge in [-0.1, -0.05) is 49.4 Å². The Morgan fingerprint density at radius 1 is 1.14 bits per heavy atom. The van der Waals surface area contributed by atoms with E-state index in [9.17, 15) is 9.59 Å². The lowest BCUT2D eigenvalue weighted by molar-refractivity contribution is -0.143. The molecule has 0 aliphatic carbocycles. The number of esters is 1. The monoisotopic (exact) mass is 412 g/mol. The number of unbranched alkanes of at least 4 members (excludes halogenated alkanes) is 1. The lowest BCUT2D eigenvalue weighted by Crippen LogP contribution is -2.22. The topological polar surface area (TPSA) is 70.4 Å². The van der Waals surface area contributed by atoms with Gasteiger partial charge in [0.2, 0.25) is 0 Å². The molecule has 2 aromatic carbocycles. The number of benzene rings is 2. The van der Waals surface area contributed by atoms with E-state index >= 15 is 0 Å². The van der Waals surface area contributed by atoms with Crippen molar-refractivity contribution in [3.05, 3.63) is 58.9 Å². The third-order valence-corrected chi connectivity index (χ3v) is 5.31. The first kappa shape index (κ1) is 20.9. The van der Waals surface area contributed by atoms with Gasteiger partial charge in [-0.15, -0.1) is 0 Å². The van der Waals surface area contributed by atoms with Crippen LogP contribution in [0, 0.1) is 0 Å². The minimum absolute atomic E-state index is 0.173. The van der Waals surface area contributed by atoms with Gasteiger partial charge in [0.1, 0.15) is 5.75 Å². The largest absolute Gasteiger partial charge is 0.495 e. The van der Waals surface area contributed by atoms with E-state index in [4.69, 9.17) is 9.47 Å². The van der Waals surface area contributed by atoms with Gasteiger partial charge in [0.25, 0.3) is 5.56 Å². The highest BCUT2D eigenvalue weighted by Gasteiger charge is 2.16. The number of carbonyl (C=O) groups excluding carboxylic acids is 1. The minimum atomic E-state index is -0.238.